The third kappa shape index (κ3) is 3.39. The average molecular weight is 225 g/mol. The molecule has 1 heterocycles. The fourth-order valence-electron chi connectivity index (χ4n) is 2.75. The minimum Gasteiger partial charge on any atom is -0.378 e. The van der Waals surface area contributed by atoms with Crippen molar-refractivity contribution in [3.05, 3.63) is 10.4 Å². The topological polar surface area (TPSA) is 58.0 Å². The lowest BCUT2D eigenvalue weighted by molar-refractivity contribution is 0.0846. The summed E-state index contributed by atoms with van der Waals surface area (Å²) in [6.45, 7) is 5.42. The summed E-state index contributed by atoms with van der Waals surface area (Å²) >= 11 is 0. The minimum atomic E-state index is 0.455. The molecule has 3 atom stereocenters. The van der Waals surface area contributed by atoms with Gasteiger partial charge in [-0.2, -0.15) is 0 Å². The molecule has 92 valence electrons. The van der Waals surface area contributed by atoms with Gasteiger partial charge in [0.05, 0.1) is 12.7 Å². The molecule has 1 unspecified atom stereocenters. The maximum Gasteiger partial charge on any atom is 0.0606 e. The van der Waals surface area contributed by atoms with E-state index in [9.17, 15) is 0 Å². The molecule has 0 aromatic heterocycles. The predicted molar refractivity (Wildman–Crippen MR) is 65.2 cm³/mol. The zero-order valence-corrected chi connectivity index (χ0v) is 10.4. The normalized spacial score (nSPS) is 32.8. The van der Waals surface area contributed by atoms with Crippen molar-refractivity contribution < 1.29 is 4.74 Å². The zero-order chi connectivity index (χ0) is 11.8. The van der Waals surface area contributed by atoms with Crippen LogP contribution in [-0.4, -0.2) is 19.3 Å². The SMILES string of the molecule is CC.[N-]=[N+]=NCC1CO[C@@H]2CCCCC[C@@H]12. The third-order valence-corrected chi connectivity index (χ3v) is 3.51. The Balaban J connectivity index is 0.000000606. The van der Waals surface area contributed by atoms with Crippen molar-refractivity contribution in [1.29, 1.82) is 0 Å². The molecule has 4 nitrogen and oxygen atoms in total. The predicted octanol–water partition coefficient (Wildman–Crippen LogP) is 3.92. The van der Waals surface area contributed by atoms with Crippen LogP contribution in [0.4, 0.5) is 0 Å². The Kier molecular flexibility index (Phi) is 6.27. The van der Waals surface area contributed by atoms with Crippen LogP contribution >= 0.6 is 0 Å². The number of rotatable bonds is 2. The standard InChI is InChI=1S/C10H17N3O.C2H6/c11-13-12-6-8-7-14-10-5-3-1-2-4-9(8)10;1-2/h8-10H,1-7H2;1-2H3/t8?,9-,10+;/m0./s1. The highest BCUT2D eigenvalue weighted by atomic mass is 16.5. The molecular weight excluding hydrogens is 202 g/mol. The van der Waals surface area contributed by atoms with Crippen LogP contribution < -0.4 is 0 Å². The lowest BCUT2D eigenvalue weighted by Gasteiger charge is -2.18. The van der Waals surface area contributed by atoms with Crippen LogP contribution in [0.25, 0.3) is 10.4 Å². The van der Waals surface area contributed by atoms with Gasteiger partial charge in [0, 0.05) is 11.5 Å². The van der Waals surface area contributed by atoms with Crippen molar-refractivity contribution in [3.63, 3.8) is 0 Å². The smallest absolute Gasteiger partial charge is 0.0606 e. The van der Waals surface area contributed by atoms with Gasteiger partial charge in [0.1, 0.15) is 0 Å². The average Bonchev–Trinajstić information content (AvgIpc) is 2.57. The van der Waals surface area contributed by atoms with E-state index in [0.717, 1.165) is 6.61 Å². The van der Waals surface area contributed by atoms with Crippen LogP contribution in [0.2, 0.25) is 0 Å². The summed E-state index contributed by atoms with van der Waals surface area (Å²) in [5, 5.41) is 3.68. The fourth-order valence-corrected chi connectivity index (χ4v) is 2.75. The van der Waals surface area contributed by atoms with Gasteiger partial charge in [-0.15, -0.1) is 0 Å². The van der Waals surface area contributed by atoms with E-state index in [-0.39, 0.29) is 0 Å². The molecular formula is C12H23N3O. The highest BCUT2D eigenvalue weighted by Gasteiger charge is 2.36. The highest BCUT2D eigenvalue weighted by molar-refractivity contribution is 4.86. The first-order valence-corrected chi connectivity index (χ1v) is 6.54. The van der Waals surface area contributed by atoms with Crippen molar-refractivity contribution in [2.24, 2.45) is 17.0 Å². The zero-order valence-electron chi connectivity index (χ0n) is 10.4. The summed E-state index contributed by atoms with van der Waals surface area (Å²) in [5.41, 5.74) is 8.30. The maximum absolute atomic E-state index is 8.30. The summed E-state index contributed by atoms with van der Waals surface area (Å²) in [5.74, 6) is 1.14. The van der Waals surface area contributed by atoms with Crippen LogP contribution in [-0.2, 0) is 4.74 Å². The van der Waals surface area contributed by atoms with Crippen molar-refractivity contribution in [1.82, 2.24) is 0 Å². The van der Waals surface area contributed by atoms with E-state index in [1.165, 1.54) is 32.1 Å². The lowest BCUT2D eigenvalue weighted by atomic mass is 9.87. The van der Waals surface area contributed by atoms with E-state index >= 15 is 0 Å². The van der Waals surface area contributed by atoms with Crippen molar-refractivity contribution >= 4 is 0 Å². The highest BCUT2D eigenvalue weighted by Crippen LogP contribution is 2.36. The Morgan fingerprint density at radius 1 is 1.25 bits per heavy atom. The molecule has 0 spiro atoms. The number of hydrogen-bond donors (Lipinski definition) is 0. The van der Waals surface area contributed by atoms with Gasteiger partial charge in [0.15, 0.2) is 0 Å². The summed E-state index contributed by atoms with van der Waals surface area (Å²) in [6.07, 6.45) is 6.88. The van der Waals surface area contributed by atoms with Gasteiger partial charge in [0.2, 0.25) is 0 Å². The molecule has 0 N–H and O–H groups in total. The van der Waals surface area contributed by atoms with Gasteiger partial charge in [-0.25, -0.2) is 0 Å². The summed E-state index contributed by atoms with van der Waals surface area (Å²) < 4.78 is 5.76. The van der Waals surface area contributed by atoms with E-state index in [1.54, 1.807) is 0 Å². The second-order valence-electron chi connectivity index (χ2n) is 4.35. The Morgan fingerprint density at radius 2 is 2.00 bits per heavy atom. The van der Waals surface area contributed by atoms with Gasteiger partial charge >= 0.3 is 0 Å². The summed E-state index contributed by atoms with van der Waals surface area (Å²) in [4.78, 5) is 2.83. The van der Waals surface area contributed by atoms with Crippen molar-refractivity contribution in [3.8, 4) is 0 Å². The van der Waals surface area contributed by atoms with Gasteiger partial charge in [-0.05, 0) is 30.2 Å². The van der Waals surface area contributed by atoms with Gasteiger partial charge < -0.3 is 4.74 Å². The van der Waals surface area contributed by atoms with E-state index in [4.69, 9.17) is 10.3 Å². The molecule has 0 radical (unpaired) electrons. The van der Waals surface area contributed by atoms with E-state index in [0.29, 0.717) is 24.5 Å². The molecule has 2 rings (SSSR count). The number of azide groups is 1. The van der Waals surface area contributed by atoms with Crippen molar-refractivity contribution in [2.45, 2.75) is 52.1 Å². The fraction of sp³-hybridized carbons (Fsp3) is 1.00. The summed E-state index contributed by atoms with van der Waals surface area (Å²) in [7, 11) is 0. The number of nitrogens with zero attached hydrogens (tertiary/aromatic N) is 3. The van der Waals surface area contributed by atoms with E-state index < -0.39 is 0 Å². The molecule has 1 saturated carbocycles. The Hall–Kier alpha value is -0.730. The van der Waals surface area contributed by atoms with Gasteiger partial charge in [0.25, 0.3) is 0 Å². The molecule has 2 aliphatic rings. The Labute approximate surface area is 98.0 Å². The first-order valence-electron chi connectivity index (χ1n) is 6.54. The quantitative estimate of drug-likeness (QED) is 0.399. The van der Waals surface area contributed by atoms with Gasteiger partial charge in [-0.3, -0.25) is 0 Å². The van der Waals surface area contributed by atoms with Crippen LogP contribution in [0.3, 0.4) is 0 Å². The van der Waals surface area contributed by atoms with Gasteiger partial charge in [-0.1, -0.05) is 38.2 Å². The van der Waals surface area contributed by atoms with E-state index in [1.807, 2.05) is 13.8 Å². The van der Waals surface area contributed by atoms with Crippen LogP contribution in [0, 0.1) is 11.8 Å². The third-order valence-electron chi connectivity index (χ3n) is 3.51. The number of hydrogen-bond acceptors (Lipinski definition) is 2. The second kappa shape index (κ2) is 7.53. The van der Waals surface area contributed by atoms with Crippen LogP contribution in [0.5, 0.6) is 0 Å². The molecule has 1 aliphatic heterocycles. The molecule has 0 aromatic rings. The lowest BCUT2D eigenvalue weighted by Crippen LogP contribution is -2.20. The molecule has 2 fully saturated rings. The number of ether oxygens (including phenoxy) is 1. The first-order chi connectivity index (χ1) is 7.92. The first kappa shape index (κ1) is 13.3. The van der Waals surface area contributed by atoms with E-state index in [2.05, 4.69) is 10.0 Å². The minimum absolute atomic E-state index is 0.455. The molecule has 0 bridgehead atoms. The molecule has 0 amide bonds. The summed E-state index contributed by atoms with van der Waals surface area (Å²) in [6, 6.07) is 0. The number of fused-ring (bicyclic) bond motifs is 1. The van der Waals surface area contributed by atoms with Crippen LogP contribution in [0.1, 0.15) is 46.0 Å². The molecule has 1 saturated heterocycles. The molecule has 0 aromatic carbocycles. The molecule has 16 heavy (non-hydrogen) atoms. The Morgan fingerprint density at radius 3 is 2.75 bits per heavy atom. The largest absolute Gasteiger partial charge is 0.378 e. The molecule has 4 heteroatoms. The molecule has 1 aliphatic carbocycles. The van der Waals surface area contributed by atoms with Crippen molar-refractivity contribution in [2.75, 3.05) is 13.2 Å². The van der Waals surface area contributed by atoms with Crippen LogP contribution in [0.15, 0.2) is 5.11 Å². The Bertz CT molecular complexity index is 238. The second-order valence-corrected chi connectivity index (χ2v) is 4.35. The maximum atomic E-state index is 8.30. The monoisotopic (exact) mass is 225 g/mol.